The standard InChI is InChI=1S/C24H37N5O8/c1-4-13(2)19(29-21(33)16(25)10-15-8-6-5-7-9-15)23(35)26-14(3)20(32)27-17(11-30)22(34)28-18(12-31)24(36)37/h5-9,13-14,16-19,30-31H,4,10-12,25H2,1-3H3,(H,26,35)(H,27,32)(H,28,34)(H,29,33)(H,36,37)/t13-,14-,16-,17-,18-,19-/m0/s1. The van der Waals surface area contributed by atoms with Gasteiger partial charge in [-0.3, -0.25) is 19.2 Å². The third kappa shape index (κ3) is 10.1. The number of rotatable bonds is 15. The Morgan fingerprint density at radius 3 is 1.89 bits per heavy atom. The highest BCUT2D eigenvalue weighted by molar-refractivity contribution is 5.95. The molecular formula is C24H37N5O8. The van der Waals surface area contributed by atoms with E-state index in [2.05, 4.69) is 16.0 Å². The van der Waals surface area contributed by atoms with Crippen molar-refractivity contribution < 1.29 is 39.3 Å². The Morgan fingerprint density at radius 1 is 0.811 bits per heavy atom. The molecular weight excluding hydrogens is 486 g/mol. The van der Waals surface area contributed by atoms with E-state index in [4.69, 9.17) is 15.9 Å². The molecule has 0 fully saturated rings. The lowest BCUT2D eigenvalue weighted by Gasteiger charge is -2.27. The maximum atomic E-state index is 13.0. The van der Waals surface area contributed by atoms with Gasteiger partial charge >= 0.3 is 5.97 Å². The van der Waals surface area contributed by atoms with Crippen LogP contribution in [0, 0.1) is 5.92 Å². The zero-order valence-electron chi connectivity index (χ0n) is 21.1. The van der Waals surface area contributed by atoms with Gasteiger partial charge in [0.05, 0.1) is 19.3 Å². The van der Waals surface area contributed by atoms with E-state index in [1.165, 1.54) is 6.92 Å². The second-order valence-electron chi connectivity index (χ2n) is 8.72. The number of aliphatic carboxylic acids is 1. The van der Waals surface area contributed by atoms with Crippen LogP contribution in [0.3, 0.4) is 0 Å². The van der Waals surface area contributed by atoms with E-state index in [1.54, 1.807) is 6.92 Å². The van der Waals surface area contributed by atoms with Crippen molar-refractivity contribution in [3.63, 3.8) is 0 Å². The van der Waals surface area contributed by atoms with Crippen molar-refractivity contribution in [3.05, 3.63) is 35.9 Å². The molecule has 0 aliphatic heterocycles. The second-order valence-corrected chi connectivity index (χ2v) is 8.72. The van der Waals surface area contributed by atoms with Crippen LogP contribution in [-0.4, -0.2) is 88.3 Å². The normalized spacial score (nSPS) is 15.7. The first-order chi connectivity index (χ1) is 17.4. The number of nitrogens with one attached hydrogen (secondary N) is 4. The lowest BCUT2D eigenvalue weighted by Crippen LogP contribution is -2.59. The molecule has 1 aromatic rings. The number of aliphatic hydroxyl groups is 2. The molecule has 0 radical (unpaired) electrons. The molecule has 37 heavy (non-hydrogen) atoms. The van der Waals surface area contributed by atoms with E-state index < -0.39 is 73.0 Å². The summed E-state index contributed by atoms with van der Waals surface area (Å²) in [6.45, 7) is 3.17. The summed E-state index contributed by atoms with van der Waals surface area (Å²) in [4.78, 5) is 61.3. The van der Waals surface area contributed by atoms with Gasteiger partial charge in [-0.1, -0.05) is 50.6 Å². The Kier molecular flexibility index (Phi) is 13.2. The maximum absolute atomic E-state index is 13.0. The van der Waals surface area contributed by atoms with Gasteiger partial charge in [-0.2, -0.15) is 0 Å². The number of aliphatic hydroxyl groups excluding tert-OH is 2. The average molecular weight is 524 g/mol. The molecule has 0 spiro atoms. The van der Waals surface area contributed by atoms with Crippen LogP contribution in [0.5, 0.6) is 0 Å². The summed E-state index contributed by atoms with van der Waals surface area (Å²) < 4.78 is 0. The smallest absolute Gasteiger partial charge is 0.328 e. The molecule has 13 nitrogen and oxygen atoms in total. The van der Waals surface area contributed by atoms with Gasteiger partial charge < -0.3 is 42.3 Å². The average Bonchev–Trinajstić information content (AvgIpc) is 2.87. The summed E-state index contributed by atoms with van der Waals surface area (Å²) in [7, 11) is 0. The fourth-order valence-electron chi connectivity index (χ4n) is 3.24. The van der Waals surface area contributed by atoms with Crippen LogP contribution in [0.1, 0.15) is 32.8 Å². The van der Waals surface area contributed by atoms with E-state index in [0.717, 1.165) is 5.56 Å². The molecule has 4 amide bonds. The fourth-order valence-corrected chi connectivity index (χ4v) is 3.24. The predicted molar refractivity (Wildman–Crippen MR) is 133 cm³/mol. The molecule has 0 aliphatic rings. The lowest BCUT2D eigenvalue weighted by atomic mass is 9.97. The molecule has 0 aliphatic carbocycles. The first-order valence-corrected chi connectivity index (χ1v) is 11.9. The number of hydrogen-bond acceptors (Lipinski definition) is 8. The Morgan fingerprint density at radius 2 is 1.38 bits per heavy atom. The van der Waals surface area contributed by atoms with Crippen molar-refractivity contribution in [1.29, 1.82) is 0 Å². The number of carbonyl (C=O) groups is 5. The second kappa shape index (κ2) is 15.5. The summed E-state index contributed by atoms with van der Waals surface area (Å²) in [5.74, 6) is -4.85. The van der Waals surface area contributed by atoms with E-state index in [0.29, 0.717) is 6.42 Å². The Labute approximate surface area is 215 Å². The van der Waals surface area contributed by atoms with Crippen LogP contribution >= 0.6 is 0 Å². The van der Waals surface area contributed by atoms with Crippen molar-refractivity contribution in [1.82, 2.24) is 21.3 Å². The zero-order valence-corrected chi connectivity index (χ0v) is 21.1. The van der Waals surface area contributed by atoms with Crippen molar-refractivity contribution in [2.24, 2.45) is 11.7 Å². The van der Waals surface area contributed by atoms with Crippen molar-refractivity contribution >= 4 is 29.6 Å². The van der Waals surface area contributed by atoms with Gasteiger partial charge in [0, 0.05) is 0 Å². The van der Waals surface area contributed by atoms with E-state index in [-0.39, 0.29) is 12.3 Å². The van der Waals surface area contributed by atoms with E-state index in [1.807, 2.05) is 42.6 Å². The topological polar surface area (TPSA) is 220 Å². The number of nitrogens with two attached hydrogens (primary N) is 1. The highest BCUT2D eigenvalue weighted by Crippen LogP contribution is 2.10. The van der Waals surface area contributed by atoms with E-state index >= 15 is 0 Å². The van der Waals surface area contributed by atoms with Crippen LogP contribution in [-0.2, 0) is 30.4 Å². The molecule has 6 atom stereocenters. The number of benzene rings is 1. The van der Waals surface area contributed by atoms with Crippen LogP contribution in [0.4, 0.5) is 0 Å². The van der Waals surface area contributed by atoms with Crippen molar-refractivity contribution in [2.75, 3.05) is 13.2 Å². The third-order valence-corrected chi connectivity index (χ3v) is 5.79. The van der Waals surface area contributed by atoms with Gasteiger partial charge in [0.15, 0.2) is 0 Å². The molecule has 0 bridgehead atoms. The summed E-state index contributed by atoms with van der Waals surface area (Å²) >= 11 is 0. The molecule has 0 aromatic heterocycles. The fraction of sp³-hybridized carbons (Fsp3) is 0.542. The minimum absolute atomic E-state index is 0.268. The number of amides is 4. The quantitative estimate of drug-likeness (QED) is 0.123. The maximum Gasteiger partial charge on any atom is 0.328 e. The van der Waals surface area contributed by atoms with E-state index in [9.17, 15) is 29.1 Å². The number of carboxylic acid groups (broad SMARTS) is 1. The molecule has 0 heterocycles. The molecule has 1 rings (SSSR count). The van der Waals surface area contributed by atoms with Gasteiger partial charge in [0.1, 0.15) is 24.2 Å². The molecule has 13 heteroatoms. The van der Waals surface area contributed by atoms with Crippen LogP contribution in [0.2, 0.25) is 0 Å². The molecule has 1 aromatic carbocycles. The molecule has 0 saturated carbocycles. The third-order valence-electron chi connectivity index (χ3n) is 5.79. The molecule has 9 N–H and O–H groups in total. The van der Waals surface area contributed by atoms with Crippen LogP contribution < -0.4 is 27.0 Å². The highest BCUT2D eigenvalue weighted by Gasteiger charge is 2.31. The summed E-state index contributed by atoms with van der Waals surface area (Å²) in [5.41, 5.74) is 6.89. The van der Waals surface area contributed by atoms with Gasteiger partial charge in [-0.25, -0.2) is 4.79 Å². The largest absolute Gasteiger partial charge is 0.480 e. The van der Waals surface area contributed by atoms with Gasteiger partial charge in [0.2, 0.25) is 23.6 Å². The zero-order chi connectivity index (χ0) is 28.1. The van der Waals surface area contributed by atoms with Crippen LogP contribution in [0.25, 0.3) is 0 Å². The first kappa shape index (κ1) is 31.5. The SMILES string of the molecule is CC[C@H](C)[C@H](NC(=O)[C@@H](N)Cc1ccccc1)C(=O)N[C@@H](C)C(=O)N[C@@H](CO)C(=O)N[C@@H](CO)C(=O)O. The van der Waals surface area contributed by atoms with Gasteiger partial charge in [-0.05, 0) is 24.8 Å². The van der Waals surface area contributed by atoms with Gasteiger partial charge in [-0.15, -0.1) is 0 Å². The predicted octanol–water partition coefficient (Wildman–Crippen LogP) is -2.37. The first-order valence-electron chi connectivity index (χ1n) is 11.9. The number of carboxylic acids is 1. The number of hydrogen-bond donors (Lipinski definition) is 8. The molecule has 206 valence electrons. The Bertz CT molecular complexity index is 929. The monoisotopic (exact) mass is 523 g/mol. The lowest BCUT2D eigenvalue weighted by molar-refractivity contribution is -0.143. The highest BCUT2D eigenvalue weighted by atomic mass is 16.4. The summed E-state index contributed by atoms with van der Waals surface area (Å²) in [6, 6.07) is 2.93. The molecule has 0 unspecified atom stereocenters. The van der Waals surface area contributed by atoms with Crippen molar-refractivity contribution in [2.45, 2.75) is 63.8 Å². The van der Waals surface area contributed by atoms with Crippen LogP contribution in [0.15, 0.2) is 30.3 Å². The van der Waals surface area contributed by atoms with Crippen molar-refractivity contribution in [3.8, 4) is 0 Å². The Balaban J connectivity index is 2.79. The summed E-state index contributed by atoms with van der Waals surface area (Å²) in [5, 5.41) is 36.7. The number of carbonyl (C=O) groups excluding carboxylic acids is 4. The molecule has 0 saturated heterocycles. The summed E-state index contributed by atoms with van der Waals surface area (Å²) in [6.07, 6.45) is 0.805. The minimum Gasteiger partial charge on any atom is -0.480 e. The minimum atomic E-state index is -1.62. The van der Waals surface area contributed by atoms with Gasteiger partial charge in [0.25, 0.3) is 0 Å². The Hall–Kier alpha value is -3.55.